The monoisotopic (exact) mass is 235 g/mol. The van der Waals surface area contributed by atoms with E-state index in [0.29, 0.717) is 5.92 Å². The lowest BCUT2D eigenvalue weighted by Gasteiger charge is -2.16. The van der Waals surface area contributed by atoms with Crippen LogP contribution in [0, 0.1) is 12.8 Å². The van der Waals surface area contributed by atoms with Crippen LogP contribution in [-0.4, -0.2) is 6.61 Å². The second-order valence-corrected chi connectivity index (χ2v) is 4.81. The summed E-state index contributed by atoms with van der Waals surface area (Å²) in [7, 11) is 0. The Labute approximate surface area is 105 Å². The van der Waals surface area contributed by atoms with Crippen LogP contribution in [0.1, 0.15) is 50.8 Å². The van der Waals surface area contributed by atoms with E-state index >= 15 is 0 Å². The molecule has 0 radical (unpaired) electrons. The van der Waals surface area contributed by atoms with Crippen molar-refractivity contribution in [3.05, 3.63) is 29.3 Å². The quantitative estimate of drug-likeness (QED) is 0.813. The largest absolute Gasteiger partial charge is 0.493 e. The van der Waals surface area contributed by atoms with Gasteiger partial charge in [0.1, 0.15) is 5.75 Å². The number of hydrogen-bond donors (Lipinski definition) is 1. The van der Waals surface area contributed by atoms with Gasteiger partial charge in [-0.05, 0) is 37.0 Å². The Morgan fingerprint density at radius 1 is 1.24 bits per heavy atom. The van der Waals surface area contributed by atoms with Crippen molar-refractivity contribution in [1.82, 2.24) is 0 Å². The molecule has 0 spiro atoms. The molecule has 0 bridgehead atoms. The minimum absolute atomic E-state index is 0.0850. The Balaban J connectivity index is 2.66. The molecule has 1 aromatic rings. The number of rotatable bonds is 6. The zero-order chi connectivity index (χ0) is 12.8. The van der Waals surface area contributed by atoms with E-state index in [1.165, 1.54) is 18.4 Å². The van der Waals surface area contributed by atoms with E-state index in [1.54, 1.807) is 0 Å². The average Bonchev–Trinajstić information content (AvgIpc) is 2.31. The van der Waals surface area contributed by atoms with Gasteiger partial charge in [-0.15, -0.1) is 0 Å². The second kappa shape index (κ2) is 6.65. The summed E-state index contributed by atoms with van der Waals surface area (Å²) in [5, 5.41) is 0. The molecule has 0 aromatic heterocycles. The summed E-state index contributed by atoms with van der Waals surface area (Å²) in [5.74, 6) is 1.64. The fraction of sp³-hybridized carbons (Fsp3) is 0.600. The zero-order valence-electron chi connectivity index (χ0n) is 11.5. The Hall–Kier alpha value is -1.02. The molecule has 0 saturated carbocycles. The fourth-order valence-electron chi connectivity index (χ4n) is 1.85. The highest BCUT2D eigenvalue weighted by molar-refractivity contribution is 5.37. The molecular weight excluding hydrogens is 210 g/mol. The molecule has 0 amide bonds. The molecule has 1 rings (SSSR count). The van der Waals surface area contributed by atoms with E-state index in [1.807, 2.05) is 13.0 Å². The highest BCUT2D eigenvalue weighted by atomic mass is 16.5. The second-order valence-electron chi connectivity index (χ2n) is 4.81. The molecule has 2 heteroatoms. The van der Waals surface area contributed by atoms with Crippen LogP contribution in [0.4, 0.5) is 0 Å². The first-order valence-electron chi connectivity index (χ1n) is 6.57. The van der Waals surface area contributed by atoms with Gasteiger partial charge in [-0.2, -0.15) is 0 Å². The number of aryl methyl sites for hydroxylation is 1. The molecule has 0 aliphatic carbocycles. The van der Waals surface area contributed by atoms with Crippen molar-refractivity contribution in [2.45, 2.75) is 46.6 Å². The van der Waals surface area contributed by atoms with Crippen molar-refractivity contribution in [2.24, 2.45) is 11.7 Å². The predicted molar refractivity (Wildman–Crippen MR) is 73.3 cm³/mol. The van der Waals surface area contributed by atoms with Crippen molar-refractivity contribution < 1.29 is 4.74 Å². The fourth-order valence-corrected chi connectivity index (χ4v) is 1.85. The number of ether oxygens (including phenoxy) is 1. The van der Waals surface area contributed by atoms with E-state index in [0.717, 1.165) is 17.9 Å². The molecule has 0 unspecified atom stereocenters. The maximum Gasteiger partial charge on any atom is 0.122 e. The van der Waals surface area contributed by atoms with Crippen LogP contribution in [0.15, 0.2) is 18.2 Å². The van der Waals surface area contributed by atoms with Crippen molar-refractivity contribution in [2.75, 3.05) is 6.61 Å². The third-order valence-electron chi connectivity index (χ3n) is 3.35. The van der Waals surface area contributed by atoms with Gasteiger partial charge in [0, 0.05) is 6.04 Å². The normalized spacial score (nSPS) is 12.8. The number of nitrogens with two attached hydrogens (primary N) is 1. The van der Waals surface area contributed by atoms with E-state index in [2.05, 4.69) is 32.9 Å². The summed E-state index contributed by atoms with van der Waals surface area (Å²) >= 11 is 0. The van der Waals surface area contributed by atoms with Crippen LogP contribution < -0.4 is 10.5 Å². The van der Waals surface area contributed by atoms with Crippen LogP contribution in [0.3, 0.4) is 0 Å². The Morgan fingerprint density at radius 2 is 1.88 bits per heavy atom. The number of hydrogen-bond acceptors (Lipinski definition) is 2. The van der Waals surface area contributed by atoms with Gasteiger partial charge in [0.2, 0.25) is 0 Å². The summed E-state index contributed by atoms with van der Waals surface area (Å²) in [4.78, 5) is 0. The Morgan fingerprint density at radius 3 is 2.35 bits per heavy atom. The first kappa shape index (κ1) is 14.0. The van der Waals surface area contributed by atoms with Crippen LogP contribution in [0.5, 0.6) is 5.75 Å². The van der Waals surface area contributed by atoms with Gasteiger partial charge in [0.05, 0.1) is 6.61 Å². The van der Waals surface area contributed by atoms with E-state index in [4.69, 9.17) is 10.5 Å². The third-order valence-corrected chi connectivity index (χ3v) is 3.35. The number of benzene rings is 1. The molecule has 0 saturated heterocycles. The first-order valence-corrected chi connectivity index (χ1v) is 6.57. The van der Waals surface area contributed by atoms with Gasteiger partial charge >= 0.3 is 0 Å². The summed E-state index contributed by atoms with van der Waals surface area (Å²) in [5.41, 5.74) is 8.19. The lowest BCUT2D eigenvalue weighted by atomic mass is 10.0. The minimum Gasteiger partial charge on any atom is -0.493 e. The third kappa shape index (κ3) is 4.04. The van der Waals surface area contributed by atoms with Crippen LogP contribution in [0.25, 0.3) is 0 Å². The topological polar surface area (TPSA) is 35.2 Å². The molecular formula is C15H25NO. The maximum absolute atomic E-state index is 5.87. The molecule has 2 N–H and O–H groups in total. The van der Waals surface area contributed by atoms with Crippen molar-refractivity contribution in [1.29, 1.82) is 0 Å². The molecule has 0 fully saturated rings. The van der Waals surface area contributed by atoms with Crippen molar-refractivity contribution in [3.8, 4) is 5.75 Å². The maximum atomic E-state index is 5.87. The van der Waals surface area contributed by atoms with E-state index < -0.39 is 0 Å². The lowest BCUT2D eigenvalue weighted by molar-refractivity contribution is 0.239. The lowest BCUT2D eigenvalue weighted by Crippen LogP contribution is -2.11. The molecule has 2 nitrogen and oxygen atoms in total. The molecule has 0 aliphatic rings. The van der Waals surface area contributed by atoms with E-state index in [9.17, 15) is 0 Å². The predicted octanol–water partition coefficient (Wildman–Crippen LogP) is 3.83. The van der Waals surface area contributed by atoms with Gasteiger partial charge in [0.25, 0.3) is 0 Å². The highest BCUT2D eigenvalue weighted by Crippen LogP contribution is 2.23. The SMILES string of the molecule is CCC(CC)COc1ccc([C@@H](C)N)cc1C. The Bertz CT molecular complexity index is 343. The van der Waals surface area contributed by atoms with Crippen molar-refractivity contribution >= 4 is 0 Å². The molecule has 0 aliphatic heterocycles. The van der Waals surface area contributed by atoms with Gasteiger partial charge in [0.15, 0.2) is 0 Å². The summed E-state index contributed by atoms with van der Waals surface area (Å²) in [6.45, 7) is 9.31. The highest BCUT2D eigenvalue weighted by Gasteiger charge is 2.07. The van der Waals surface area contributed by atoms with Gasteiger partial charge in [-0.1, -0.05) is 38.8 Å². The average molecular weight is 235 g/mol. The van der Waals surface area contributed by atoms with E-state index in [-0.39, 0.29) is 6.04 Å². The molecule has 17 heavy (non-hydrogen) atoms. The Kier molecular flexibility index (Phi) is 5.49. The molecule has 1 aromatic carbocycles. The van der Waals surface area contributed by atoms with Crippen LogP contribution in [-0.2, 0) is 0 Å². The van der Waals surface area contributed by atoms with Crippen molar-refractivity contribution in [3.63, 3.8) is 0 Å². The van der Waals surface area contributed by atoms with Gasteiger partial charge < -0.3 is 10.5 Å². The summed E-state index contributed by atoms with van der Waals surface area (Å²) in [6, 6.07) is 6.30. The summed E-state index contributed by atoms with van der Waals surface area (Å²) in [6.07, 6.45) is 2.35. The molecule has 96 valence electrons. The summed E-state index contributed by atoms with van der Waals surface area (Å²) < 4.78 is 5.87. The zero-order valence-corrected chi connectivity index (χ0v) is 11.5. The minimum atomic E-state index is 0.0850. The standard InChI is InChI=1S/C15H25NO/c1-5-13(6-2)10-17-15-8-7-14(12(4)16)9-11(15)3/h7-9,12-13H,5-6,10,16H2,1-4H3/t12-/m1/s1. The first-order chi connectivity index (χ1) is 8.08. The van der Waals surface area contributed by atoms with Crippen LogP contribution >= 0.6 is 0 Å². The van der Waals surface area contributed by atoms with Gasteiger partial charge in [-0.3, -0.25) is 0 Å². The van der Waals surface area contributed by atoms with Gasteiger partial charge in [-0.25, -0.2) is 0 Å². The molecule has 0 heterocycles. The molecule has 1 atom stereocenters. The van der Waals surface area contributed by atoms with Crippen LogP contribution in [0.2, 0.25) is 0 Å². The smallest absolute Gasteiger partial charge is 0.122 e.